The smallest absolute Gasteiger partial charge is 0.417 e. The minimum atomic E-state index is -1.08. The maximum Gasteiger partial charge on any atom is 0.417 e. The van der Waals surface area contributed by atoms with Gasteiger partial charge in [-0.1, -0.05) is 6.07 Å². The van der Waals surface area contributed by atoms with E-state index in [0.717, 1.165) is 0 Å². The van der Waals surface area contributed by atoms with Gasteiger partial charge < -0.3 is 14.3 Å². The summed E-state index contributed by atoms with van der Waals surface area (Å²) in [4.78, 5) is 35.8. The Balaban J connectivity index is 2.21. The summed E-state index contributed by atoms with van der Waals surface area (Å²) in [7, 11) is 1.21. The van der Waals surface area contributed by atoms with Crippen LogP contribution in [0.3, 0.4) is 0 Å². The highest BCUT2D eigenvalue weighted by molar-refractivity contribution is 5.79. The number of aromatic nitrogens is 1. The van der Waals surface area contributed by atoms with Gasteiger partial charge in [-0.05, 0) is 24.1 Å². The molecule has 0 saturated carbocycles. The van der Waals surface area contributed by atoms with Crippen LogP contribution in [-0.4, -0.2) is 29.1 Å². The van der Waals surface area contributed by atoms with Crippen molar-refractivity contribution in [1.29, 1.82) is 0 Å². The highest BCUT2D eigenvalue weighted by Crippen LogP contribution is 2.18. The van der Waals surface area contributed by atoms with Crippen LogP contribution in [0.4, 0.5) is 0 Å². The average molecular weight is 279 g/mol. The molecule has 0 saturated heterocycles. The minimum absolute atomic E-state index is 0.148. The first-order chi connectivity index (χ1) is 9.49. The Hall–Kier alpha value is -2.57. The van der Waals surface area contributed by atoms with E-state index in [1.807, 2.05) is 0 Å². The van der Waals surface area contributed by atoms with Crippen LogP contribution >= 0.6 is 0 Å². The number of carbonyl (C=O) groups excluding carboxylic acids is 1. The molecule has 7 nitrogen and oxygen atoms in total. The predicted molar refractivity (Wildman–Crippen MR) is 68.3 cm³/mol. The molecule has 0 bridgehead atoms. The van der Waals surface area contributed by atoms with Crippen LogP contribution in [0, 0.1) is 5.92 Å². The third-order valence-corrected chi connectivity index (χ3v) is 2.96. The van der Waals surface area contributed by atoms with Gasteiger partial charge in [0, 0.05) is 0 Å². The maximum absolute atomic E-state index is 11.2. The van der Waals surface area contributed by atoms with Gasteiger partial charge in [0.25, 0.3) is 0 Å². The molecule has 2 rings (SSSR count). The van der Waals surface area contributed by atoms with Crippen molar-refractivity contribution in [3.8, 4) is 0 Å². The molecule has 0 spiro atoms. The molecule has 0 fully saturated rings. The van der Waals surface area contributed by atoms with Crippen molar-refractivity contribution in [2.45, 2.75) is 12.8 Å². The lowest BCUT2D eigenvalue weighted by Crippen LogP contribution is -2.21. The normalized spacial score (nSPS) is 12.2. The number of aromatic amines is 1. The van der Waals surface area contributed by atoms with Crippen LogP contribution in [-0.2, 0) is 20.7 Å². The quantitative estimate of drug-likeness (QED) is 0.788. The molecular weight excluding hydrogens is 266 g/mol. The molecule has 2 N–H and O–H groups in total. The van der Waals surface area contributed by atoms with Gasteiger partial charge in [-0.25, -0.2) is 4.79 Å². The standard InChI is InChI=1S/C13H13NO6/c1-19-11(15)6-8(12(16)17)4-7-2-3-9-10(5-7)20-13(18)14-9/h2-3,5,8H,4,6H2,1H3,(H,14,18)(H,16,17). The van der Waals surface area contributed by atoms with E-state index < -0.39 is 23.6 Å². The second-order valence-corrected chi connectivity index (χ2v) is 4.36. The first-order valence-electron chi connectivity index (χ1n) is 5.91. The van der Waals surface area contributed by atoms with E-state index in [4.69, 9.17) is 9.52 Å². The van der Waals surface area contributed by atoms with Crippen molar-refractivity contribution in [2.24, 2.45) is 5.92 Å². The fourth-order valence-electron chi connectivity index (χ4n) is 1.93. The van der Waals surface area contributed by atoms with Gasteiger partial charge in [0.1, 0.15) is 0 Å². The second kappa shape index (κ2) is 5.60. The number of oxazole rings is 1. The van der Waals surface area contributed by atoms with Crippen molar-refractivity contribution in [3.05, 3.63) is 34.3 Å². The molecule has 1 unspecified atom stereocenters. The first-order valence-corrected chi connectivity index (χ1v) is 5.91. The Morgan fingerprint density at radius 2 is 2.20 bits per heavy atom. The molecule has 1 aromatic carbocycles. The lowest BCUT2D eigenvalue weighted by molar-refractivity contribution is -0.149. The third-order valence-electron chi connectivity index (χ3n) is 2.96. The molecule has 106 valence electrons. The van der Waals surface area contributed by atoms with Crippen LogP contribution in [0.25, 0.3) is 11.1 Å². The molecule has 0 aliphatic rings. The number of fused-ring (bicyclic) bond motifs is 1. The number of esters is 1. The van der Waals surface area contributed by atoms with Crippen LogP contribution in [0.5, 0.6) is 0 Å². The van der Waals surface area contributed by atoms with E-state index in [1.165, 1.54) is 7.11 Å². The molecule has 1 aromatic heterocycles. The van der Waals surface area contributed by atoms with Crippen LogP contribution in [0.2, 0.25) is 0 Å². The SMILES string of the molecule is COC(=O)CC(Cc1ccc2[nH]c(=O)oc2c1)C(=O)O. The molecule has 0 radical (unpaired) electrons. The zero-order valence-corrected chi connectivity index (χ0v) is 10.7. The Morgan fingerprint density at radius 3 is 2.85 bits per heavy atom. The molecule has 1 heterocycles. The van der Waals surface area contributed by atoms with Crippen molar-refractivity contribution in [1.82, 2.24) is 4.98 Å². The van der Waals surface area contributed by atoms with Crippen LogP contribution in [0.15, 0.2) is 27.4 Å². The van der Waals surface area contributed by atoms with Gasteiger partial charge in [-0.3, -0.25) is 14.6 Å². The number of H-pyrrole nitrogens is 1. The van der Waals surface area contributed by atoms with E-state index in [9.17, 15) is 14.4 Å². The summed E-state index contributed by atoms with van der Waals surface area (Å²) in [6.45, 7) is 0. The Labute approximate surface area is 113 Å². The number of nitrogens with one attached hydrogen (secondary N) is 1. The van der Waals surface area contributed by atoms with Gasteiger partial charge in [0.15, 0.2) is 5.58 Å². The molecule has 7 heteroatoms. The van der Waals surface area contributed by atoms with E-state index in [0.29, 0.717) is 16.7 Å². The lowest BCUT2D eigenvalue weighted by atomic mass is 9.96. The Kier molecular flexibility index (Phi) is 3.88. The number of hydrogen-bond acceptors (Lipinski definition) is 5. The summed E-state index contributed by atoms with van der Waals surface area (Å²) in [5, 5.41) is 9.11. The van der Waals surface area contributed by atoms with Gasteiger partial charge in [0.05, 0.1) is 25.0 Å². The summed E-state index contributed by atoms with van der Waals surface area (Å²) in [5.41, 5.74) is 1.56. The first kappa shape index (κ1) is 13.9. The number of benzene rings is 1. The number of hydrogen-bond donors (Lipinski definition) is 2. The molecule has 2 aromatic rings. The Bertz CT molecular complexity index is 698. The molecule has 0 aliphatic heterocycles. The van der Waals surface area contributed by atoms with E-state index in [2.05, 4.69) is 9.72 Å². The van der Waals surface area contributed by atoms with E-state index in [-0.39, 0.29) is 12.8 Å². The summed E-state index contributed by atoms with van der Waals surface area (Å²) in [6.07, 6.45) is -0.0593. The van der Waals surface area contributed by atoms with Crippen LogP contribution in [0.1, 0.15) is 12.0 Å². The number of methoxy groups -OCH3 is 1. The largest absolute Gasteiger partial charge is 0.481 e. The van der Waals surface area contributed by atoms with E-state index in [1.54, 1.807) is 18.2 Å². The fourth-order valence-corrected chi connectivity index (χ4v) is 1.93. The topological polar surface area (TPSA) is 110 Å². The van der Waals surface area contributed by atoms with Gasteiger partial charge >= 0.3 is 17.7 Å². The summed E-state index contributed by atoms with van der Waals surface area (Å²) >= 11 is 0. The zero-order chi connectivity index (χ0) is 14.7. The van der Waals surface area contributed by atoms with Gasteiger partial charge in [0.2, 0.25) is 0 Å². The summed E-state index contributed by atoms with van der Waals surface area (Å²) < 4.78 is 9.38. The minimum Gasteiger partial charge on any atom is -0.481 e. The maximum atomic E-state index is 11.2. The Morgan fingerprint density at radius 1 is 1.45 bits per heavy atom. The van der Waals surface area contributed by atoms with Crippen molar-refractivity contribution in [3.63, 3.8) is 0 Å². The monoisotopic (exact) mass is 279 g/mol. The summed E-state index contributed by atoms with van der Waals surface area (Å²) in [5.74, 6) is -3.11. The number of ether oxygens (including phenoxy) is 1. The highest BCUT2D eigenvalue weighted by Gasteiger charge is 2.22. The summed E-state index contributed by atoms with van der Waals surface area (Å²) in [6, 6.07) is 4.90. The average Bonchev–Trinajstić information content (AvgIpc) is 2.76. The zero-order valence-electron chi connectivity index (χ0n) is 10.7. The van der Waals surface area contributed by atoms with Crippen molar-refractivity contribution in [2.75, 3.05) is 7.11 Å². The predicted octanol–water partition coefficient (Wildman–Crippen LogP) is 0.927. The van der Waals surface area contributed by atoms with Crippen molar-refractivity contribution >= 4 is 23.0 Å². The second-order valence-electron chi connectivity index (χ2n) is 4.36. The molecular formula is C13H13NO6. The van der Waals surface area contributed by atoms with Gasteiger partial charge in [-0.15, -0.1) is 0 Å². The van der Waals surface area contributed by atoms with Crippen LogP contribution < -0.4 is 5.76 Å². The molecule has 0 amide bonds. The molecule has 0 aliphatic carbocycles. The number of carboxylic acids is 1. The third kappa shape index (κ3) is 3.05. The van der Waals surface area contributed by atoms with Gasteiger partial charge in [-0.2, -0.15) is 0 Å². The number of carbonyl (C=O) groups is 2. The highest BCUT2D eigenvalue weighted by atomic mass is 16.5. The van der Waals surface area contributed by atoms with Crippen molar-refractivity contribution < 1.29 is 23.8 Å². The number of rotatable bonds is 5. The fraction of sp³-hybridized carbons (Fsp3) is 0.308. The number of carboxylic acid groups (broad SMARTS) is 1. The molecule has 1 atom stereocenters. The number of aliphatic carboxylic acids is 1. The lowest BCUT2D eigenvalue weighted by Gasteiger charge is -2.10. The van der Waals surface area contributed by atoms with E-state index >= 15 is 0 Å². The molecule has 20 heavy (non-hydrogen) atoms.